The van der Waals surface area contributed by atoms with E-state index in [0.717, 1.165) is 5.56 Å². The zero-order valence-electron chi connectivity index (χ0n) is 12.1. The zero-order valence-corrected chi connectivity index (χ0v) is 12.9. The van der Waals surface area contributed by atoms with Crippen LogP contribution in [0.3, 0.4) is 0 Å². The minimum Gasteiger partial charge on any atom is -1.00 e. The van der Waals surface area contributed by atoms with Crippen molar-refractivity contribution >= 4 is 11.6 Å². The van der Waals surface area contributed by atoms with Gasteiger partial charge in [0.15, 0.2) is 12.3 Å². The van der Waals surface area contributed by atoms with Gasteiger partial charge in [0.05, 0.1) is 0 Å². The second kappa shape index (κ2) is 8.55. The average Bonchev–Trinajstić information content (AvgIpc) is 2.33. The maximum Gasteiger partial charge on any atom is 0.274 e. The average molecular weight is 300 g/mol. The summed E-state index contributed by atoms with van der Waals surface area (Å²) in [6, 6.07) is 9.26. The monoisotopic (exact) mass is 299 g/mol. The molecule has 1 amide bonds. The van der Waals surface area contributed by atoms with Crippen LogP contribution in [-0.4, -0.2) is 30.3 Å². The van der Waals surface area contributed by atoms with Crippen molar-refractivity contribution in [3.05, 3.63) is 35.9 Å². The largest absolute Gasteiger partial charge is 1.00 e. The van der Waals surface area contributed by atoms with Gasteiger partial charge in [0, 0.05) is 11.1 Å². The summed E-state index contributed by atoms with van der Waals surface area (Å²) in [6.07, 6.45) is 0. The van der Waals surface area contributed by atoms with E-state index in [-0.39, 0.29) is 29.6 Å². The van der Waals surface area contributed by atoms with Crippen molar-refractivity contribution in [3.63, 3.8) is 0 Å². The SMILES string of the molecule is CC(C)(C)NC(=O)/C(=N/OCC[NH3+])c1ccccc1.[Cl-]. The molecule has 0 bridgehead atoms. The van der Waals surface area contributed by atoms with Gasteiger partial charge in [-0.05, 0) is 20.8 Å². The van der Waals surface area contributed by atoms with Crippen LogP contribution in [0.5, 0.6) is 0 Å². The minimum absolute atomic E-state index is 0. The lowest BCUT2D eigenvalue weighted by Crippen LogP contribution is -3.00. The van der Waals surface area contributed by atoms with Gasteiger partial charge in [0.2, 0.25) is 0 Å². The van der Waals surface area contributed by atoms with E-state index in [0.29, 0.717) is 13.2 Å². The fourth-order valence-corrected chi connectivity index (χ4v) is 1.40. The van der Waals surface area contributed by atoms with Gasteiger partial charge in [0.1, 0.15) is 6.54 Å². The summed E-state index contributed by atoms with van der Waals surface area (Å²) < 4.78 is 0. The molecule has 0 aromatic heterocycles. The number of oxime groups is 1. The molecule has 0 spiro atoms. The summed E-state index contributed by atoms with van der Waals surface area (Å²) in [4.78, 5) is 17.3. The number of rotatable bonds is 5. The first kappa shape index (κ1) is 18.4. The molecule has 5 nitrogen and oxygen atoms in total. The van der Waals surface area contributed by atoms with Crippen LogP contribution in [0.4, 0.5) is 0 Å². The molecule has 112 valence electrons. The van der Waals surface area contributed by atoms with Crippen molar-refractivity contribution in [3.8, 4) is 0 Å². The van der Waals surface area contributed by atoms with Gasteiger partial charge in [-0.25, -0.2) is 0 Å². The van der Waals surface area contributed by atoms with Gasteiger partial charge in [-0.1, -0.05) is 35.5 Å². The van der Waals surface area contributed by atoms with Crippen LogP contribution in [0.2, 0.25) is 0 Å². The number of amides is 1. The molecule has 1 aromatic carbocycles. The summed E-state index contributed by atoms with van der Waals surface area (Å²) in [5.74, 6) is -0.247. The molecule has 0 heterocycles. The molecule has 0 aliphatic heterocycles. The van der Waals surface area contributed by atoms with E-state index in [9.17, 15) is 4.79 Å². The maximum atomic E-state index is 12.2. The predicted molar refractivity (Wildman–Crippen MR) is 74.6 cm³/mol. The molecule has 4 N–H and O–H groups in total. The molecule has 20 heavy (non-hydrogen) atoms. The van der Waals surface area contributed by atoms with Gasteiger partial charge in [0.25, 0.3) is 5.91 Å². The first-order valence-electron chi connectivity index (χ1n) is 6.31. The van der Waals surface area contributed by atoms with Gasteiger partial charge in [-0.15, -0.1) is 0 Å². The molecule has 0 atom stereocenters. The van der Waals surface area contributed by atoms with Crippen LogP contribution in [0, 0.1) is 0 Å². The molecule has 6 heteroatoms. The first-order chi connectivity index (χ1) is 8.94. The van der Waals surface area contributed by atoms with Gasteiger partial charge in [-0.3, -0.25) is 4.79 Å². The van der Waals surface area contributed by atoms with Crippen molar-refractivity contribution < 1.29 is 27.8 Å². The molecule has 0 radical (unpaired) electrons. The Labute approximate surface area is 126 Å². The zero-order chi connectivity index (χ0) is 14.3. The third kappa shape index (κ3) is 6.54. The summed E-state index contributed by atoms with van der Waals surface area (Å²) >= 11 is 0. The number of nitrogens with zero attached hydrogens (tertiary/aromatic N) is 1. The molecule has 0 saturated heterocycles. The highest BCUT2D eigenvalue weighted by Crippen LogP contribution is 2.05. The number of hydrogen-bond donors (Lipinski definition) is 2. The van der Waals surface area contributed by atoms with E-state index in [1.165, 1.54) is 0 Å². The second-order valence-corrected chi connectivity index (χ2v) is 5.20. The Balaban J connectivity index is 0.00000361. The Bertz CT molecular complexity index is 441. The number of carbonyl (C=O) groups is 1. The highest BCUT2D eigenvalue weighted by atomic mass is 35.5. The van der Waals surface area contributed by atoms with Crippen molar-refractivity contribution in [1.82, 2.24) is 5.32 Å². The van der Waals surface area contributed by atoms with Gasteiger partial charge in [-0.2, -0.15) is 0 Å². The molecular formula is C14H22ClN3O2. The second-order valence-electron chi connectivity index (χ2n) is 5.20. The van der Waals surface area contributed by atoms with E-state index in [2.05, 4.69) is 16.2 Å². The molecule has 1 rings (SSSR count). The van der Waals surface area contributed by atoms with Gasteiger partial charge >= 0.3 is 0 Å². The summed E-state index contributed by atoms with van der Waals surface area (Å²) in [5.41, 5.74) is 4.36. The van der Waals surface area contributed by atoms with Crippen molar-refractivity contribution in [2.45, 2.75) is 26.3 Å². The lowest BCUT2D eigenvalue weighted by Gasteiger charge is -2.20. The standard InChI is InChI=1S/C14H21N3O2.ClH/c1-14(2,3)16-13(18)12(17-19-10-9-15)11-7-5-4-6-8-11;/h4-8H,9-10,15H2,1-3H3,(H,16,18);1H/b17-12+;. The molecule has 1 aromatic rings. The maximum absolute atomic E-state index is 12.2. The van der Waals surface area contributed by atoms with E-state index < -0.39 is 0 Å². The quantitative estimate of drug-likeness (QED) is 0.360. The van der Waals surface area contributed by atoms with Crippen molar-refractivity contribution in [1.29, 1.82) is 0 Å². The number of nitrogens with one attached hydrogen (secondary N) is 1. The van der Waals surface area contributed by atoms with Crippen LogP contribution < -0.4 is 23.5 Å². The van der Waals surface area contributed by atoms with Crippen LogP contribution in [-0.2, 0) is 9.63 Å². The predicted octanol–water partition coefficient (Wildman–Crippen LogP) is -2.43. The number of carbonyl (C=O) groups excluding carboxylic acids is 1. The third-order valence-corrected chi connectivity index (χ3v) is 2.14. The summed E-state index contributed by atoms with van der Waals surface area (Å²) in [5, 5.41) is 6.81. The molecule has 0 aliphatic carbocycles. The smallest absolute Gasteiger partial charge is 0.274 e. The summed E-state index contributed by atoms with van der Waals surface area (Å²) in [6.45, 7) is 6.75. The highest BCUT2D eigenvalue weighted by molar-refractivity contribution is 6.45. The van der Waals surface area contributed by atoms with Gasteiger partial charge < -0.3 is 28.3 Å². The van der Waals surface area contributed by atoms with E-state index in [4.69, 9.17) is 4.84 Å². The summed E-state index contributed by atoms with van der Waals surface area (Å²) in [7, 11) is 0. The number of quaternary nitrogens is 1. The number of hydrogen-bond acceptors (Lipinski definition) is 3. The van der Waals surface area contributed by atoms with E-state index in [1.54, 1.807) is 0 Å². The lowest BCUT2D eigenvalue weighted by atomic mass is 10.1. The normalized spacial score (nSPS) is 11.5. The number of halogens is 1. The molecule has 0 fully saturated rings. The van der Waals surface area contributed by atoms with Crippen molar-refractivity contribution in [2.24, 2.45) is 5.16 Å². The van der Waals surface area contributed by atoms with E-state index >= 15 is 0 Å². The fourth-order valence-electron chi connectivity index (χ4n) is 1.40. The topological polar surface area (TPSA) is 78.3 Å². The molecule has 0 unspecified atom stereocenters. The number of benzene rings is 1. The first-order valence-corrected chi connectivity index (χ1v) is 6.31. The van der Waals surface area contributed by atoms with Crippen LogP contribution in [0.1, 0.15) is 26.3 Å². The van der Waals surface area contributed by atoms with E-state index in [1.807, 2.05) is 51.1 Å². The Morgan fingerprint density at radius 3 is 2.40 bits per heavy atom. The Morgan fingerprint density at radius 1 is 1.30 bits per heavy atom. The molecule has 0 aliphatic rings. The van der Waals surface area contributed by atoms with Crippen LogP contribution >= 0.6 is 0 Å². The minimum atomic E-state index is -0.320. The molecular weight excluding hydrogens is 278 g/mol. The van der Waals surface area contributed by atoms with Crippen LogP contribution in [0.25, 0.3) is 0 Å². The fraction of sp³-hybridized carbons (Fsp3) is 0.429. The Morgan fingerprint density at radius 2 is 1.90 bits per heavy atom. The Hall–Kier alpha value is -1.59. The van der Waals surface area contributed by atoms with Crippen molar-refractivity contribution in [2.75, 3.05) is 13.2 Å². The Kier molecular flexibility index (Phi) is 7.87. The lowest BCUT2D eigenvalue weighted by molar-refractivity contribution is -0.374. The third-order valence-electron chi connectivity index (χ3n) is 2.14. The van der Waals surface area contributed by atoms with Crippen LogP contribution in [0.15, 0.2) is 35.5 Å². The molecule has 0 saturated carbocycles. The highest BCUT2D eigenvalue weighted by Gasteiger charge is 2.20.